The highest BCUT2D eigenvalue weighted by Crippen LogP contribution is 2.40. The van der Waals surface area contributed by atoms with Crippen LogP contribution in [0.3, 0.4) is 0 Å². The Morgan fingerprint density at radius 1 is 1.12 bits per heavy atom. The molecular weight excluding hydrogens is 440 g/mol. The van der Waals surface area contributed by atoms with E-state index in [0.717, 1.165) is 22.4 Å². The molecule has 3 aromatic rings. The third kappa shape index (κ3) is 4.89. The van der Waals surface area contributed by atoms with E-state index in [0.29, 0.717) is 43.4 Å². The van der Waals surface area contributed by atoms with Gasteiger partial charge in [0.05, 0.1) is 18.8 Å². The zero-order valence-electron chi connectivity index (χ0n) is 18.7. The number of rotatable bonds is 6. The molecule has 1 N–H and O–H groups in total. The summed E-state index contributed by atoms with van der Waals surface area (Å²) in [6.07, 6.45) is 0.723. The number of benzene rings is 1. The van der Waals surface area contributed by atoms with Crippen LogP contribution in [0.2, 0.25) is 0 Å². The third-order valence-corrected chi connectivity index (χ3v) is 6.71. The summed E-state index contributed by atoms with van der Waals surface area (Å²) in [6, 6.07) is 12.5. The van der Waals surface area contributed by atoms with E-state index in [1.165, 1.54) is 28.2 Å². The summed E-state index contributed by atoms with van der Waals surface area (Å²) < 4.78 is 6.67. The quantitative estimate of drug-likeness (QED) is 0.601. The number of hydrogen-bond acceptors (Lipinski definition) is 6. The van der Waals surface area contributed by atoms with Crippen molar-refractivity contribution in [3.63, 3.8) is 0 Å². The maximum absolute atomic E-state index is 13.5. The van der Waals surface area contributed by atoms with E-state index < -0.39 is 5.91 Å². The second kappa shape index (κ2) is 10.1. The first-order chi connectivity index (χ1) is 16.0. The molecule has 0 radical (unpaired) electrons. The molecule has 1 saturated heterocycles. The van der Waals surface area contributed by atoms with Gasteiger partial charge < -0.3 is 15.0 Å². The second-order valence-electron chi connectivity index (χ2n) is 7.76. The highest BCUT2D eigenvalue weighted by atomic mass is 32.1. The van der Waals surface area contributed by atoms with Crippen LogP contribution < -0.4 is 10.9 Å². The summed E-state index contributed by atoms with van der Waals surface area (Å²) in [5.41, 5.74) is 2.15. The molecule has 1 aliphatic heterocycles. The van der Waals surface area contributed by atoms with Gasteiger partial charge >= 0.3 is 0 Å². The smallest absolute Gasteiger partial charge is 0.276 e. The lowest BCUT2D eigenvalue weighted by Crippen LogP contribution is -2.41. The summed E-state index contributed by atoms with van der Waals surface area (Å²) in [7, 11) is 0. The van der Waals surface area contributed by atoms with Crippen molar-refractivity contribution >= 4 is 28.2 Å². The molecule has 4 rings (SSSR count). The maximum atomic E-state index is 13.5. The Labute approximate surface area is 195 Å². The number of anilines is 1. The molecule has 2 aromatic heterocycles. The summed E-state index contributed by atoms with van der Waals surface area (Å²) in [5, 5.41) is 7.56. The van der Waals surface area contributed by atoms with Crippen molar-refractivity contribution in [1.82, 2.24) is 14.7 Å². The summed E-state index contributed by atoms with van der Waals surface area (Å²) >= 11 is 1.37. The highest BCUT2D eigenvalue weighted by Gasteiger charge is 2.28. The van der Waals surface area contributed by atoms with E-state index in [-0.39, 0.29) is 17.2 Å². The van der Waals surface area contributed by atoms with E-state index in [9.17, 15) is 14.4 Å². The summed E-state index contributed by atoms with van der Waals surface area (Å²) in [6.45, 7) is 6.26. The predicted octanol–water partition coefficient (Wildman–Crippen LogP) is 3.41. The molecule has 0 atom stereocenters. The number of hydrogen-bond donors (Lipinski definition) is 1. The Morgan fingerprint density at radius 3 is 2.55 bits per heavy atom. The Kier molecular flexibility index (Phi) is 7.00. The van der Waals surface area contributed by atoms with Crippen LogP contribution in [-0.4, -0.2) is 52.8 Å². The van der Waals surface area contributed by atoms with Crippen LogP contribution in [0.25, 0.3) is 10.4 Å². The third-order valence-electron chi connectivity index (χ3n) is 5.46. The fourth-order valence-corrected chi connectivity index (χ4v) is 4.96. The van der Waals surface area contributed by atoms with E-state index in [1.807, 2.05) is 44.2 Å². The second-order valence-corrected chi connectivity index (χ2v) is 8.79. The molecule has 3 heterocycles. The van der Waals surface area contributed by atoms with Crippen molar-refractivity contribution in [3.05, 3.63) is 69.6 Å². The number of nitrogens with one attached hydrogen (secondary N) is 1. The lowest BCUT2D eigenvalue weighted by molar-refractivity contribution is 0.0303. The zero-order chi connectivity index (χ0) is 23.4. The van der Waals surface area contributed by atoms with E-state index in [2.05, 4.69) is 10.4 Å². The molecule has 33 heavy (non-hydrogen) atoms. The van der Waals surface area contributed by atoms with E-state index in [1.54, 1.807) is 4.90 Å². The van der Waals surface area contributed by atoms with Gasteiger partial charge in [-0.05, 0) is 30.5 Å². The Bertz CT molecular complexity index is 1210. The molecule has 172 valence electrons. The standard InChI is InChI=1S/C24H26N4O4S/c1-3-11-28-19(29)10-9-18(26-28)22(30)25-23-20(24(31)27-12-14-32-15-13-27)16(2)21(33-23)17-7-5-4-6-8-17/h4-10H,3,11-15H2,1-2H3,(H,25,30). The van der Waals surface area contributed by atoms with Gasteiger partial charge in [-0.15, -0.1) is 11.3 Å². The summed E-state index contributed by atoms with van der Waals surface area (Å²) in [5.74, 6) is -0.592. The fourth-order valence-electron chi connectivity index (χ4n) is 3.76. The van der Waals surface area contributed by atoms with Crippen molar-refractivity contribution in [2.75, 3.05) is 31.6 Å². The first-order valence-electron chi connectivity index (χ1n) is 10.9. The van der Waals surface area contributed by atoms with Crippen LogP contribution in [0.1, 0.15) is 39.8 Å². The minimum Gasteiger partial charge on any atom is -0.378 e. The molecule has 9 heteroatoms. The number of amides is 2. The average Bonchev–Trinajstić information content (AvgIpc) is 3.16. The molecular formula is C24H26N4O4S. The van der Waals surface area contributed by atoms with Gasteiger partial charge in [-0.3, -0.25) is 14.4 Å². The molecule has 2 amide bonds. The van der Waals surface area contributed by atoms with Gasteiger partial charge in [0, 0.05) is 30.6 Å². The minimum atomic E-state index is -0.461. The van der Waals surface area contributed by atoms with Crippen molar-refractivity contribution < 1.29 is 14.3 Å². The van der Waals surface area contributed by atoms with Gasteiger partial charge in [-0.25, -0.2) is 4.68 Å². The van der Waals surface area contributed by atoms with Crippen LogP contribution in [0.5, 0.6) is 0 Å². The van der Waals surface area contributed by atoms with Gasteiger partial charge in [0.15, 0.2) is 0 Å². The number of morpholine rings is 1. The van der Waals surface area contributed by atoms with Crippen LogP contribution in [0, 0.1) is 6.92 Å². The van der Waals surface area contributed by atoms with E-state index in [4.69, 9.17) is 4.74 Å². The summed E-state index contributed by atoms with van der Waals surface area (Å²) in [4.78, 5) is 41.2. The predicted molar refractivity (Wildman–Crippen MR) is 128 cm³/mol. The molecule has 8 nitrogen and oxygen atoms in total. The molecule has 0 unspecified atom stereocenters. The Balaban J connectivity index is 1.72. The number of thiophene rings is 1. The average molecular weight is 467 g/mol. The number of aromatic nitrogens is 2. The lowest BCUT2D eigenvalue weighted by Gasteiger charge is -2.27. The minimum absolute atomic E-state index is 0.125. The molecule has 0 bridgehead atoms. The number of aryl methyl sites for hydroxylation is 1. The van der Waals surface area contributed by atoms with Gasteiger partial charge in [-0.2, -0.15) is 5.10 Å². The lowest BCUT2D eigenvalue weighted by atomic mass is 10.1. The molecule has 1 aliphatic rings. The van der Waals surface area contributed by atoms with Crippen molar-refractivity contribution in [2.24, 2.45) is 0 Å². The van der Waals surface area contributed by atoms with Gasteiger partial charge in [0.2, 0.25) is 0 Å². The Hall–Kier alpha value is -3.30. The van der Waals surface area contributed by atoms with Gasteiger partial charge in [0.1, 0.15) is 10.7 Å². The van der Waals surface area contributed by atoms with Crippen LogP contribution in [0.4, 0.5) is 5.00 Å². The van der Waals surface area contributed by atoms with E-state index >= 15 is 0 Å². The number of carbonyl (C=O) groups excluding carboxylic acids is 2. The molecule has 0 saturated carbocycles. The molecule has 0 aliphatic carbocycles. The highest BCUT2D eigenvalue weighted by molar-refractivity contribution is 7.20. The monoisotopic (exact) mass is 466 g/mol. The van der Waals surface area contributed by atoms with Crippen molar-refractivity contribution in [1.29, 1.82) is 0 Å². The topological polar surface area (TPSA) is 93.5 Å². The maximum Gasteiger partial charge on any atom is 0.276 e. The first kappa shape index (κ1) is 22.9. The molecule has 1 aromatic carbocycles. The number of nitrogens with zero attached hydrogens (tertiary/aromatic N) is 3. The SMILES string of the molecule is CCCn1nc(C(=O)Nc2sc(-c3ccccc3)c(C)c2C(=O)N2CCOCC2)ccc1=O. The van der Waals surface area contributed by atoms with Crippen molar-refractivity contribution in [3.8, 4) is 10.4 Å². The molecule has 0 spiro atoms. The first-order valence-corrected chi connectivity index (χ1v) is 11.8. The largest absolute Gasteiger partial charge is 0.378 e. The number of carbonyl (C=O) groups is 2. The normalized spacial score (nSPS) is 13.7. The Morgan fingerprint density at radius 2 is 1.85 bits per heavy atom. The van der Waals surface area contributed by atoms with Crippen LogP contribution >= 0.6 is 11.3 Å². The van der Waals surface area contributed by atoms with Crippen LogP contribution in [0.15, 0.2) is 47.3 Å². The zero-order valence-corrected chi connectivity index (χ0v) is 19.5. The molecule has 1 fully saturated rings. The van der Waals surface area contributed by atoms with Crippen LogP contribution in [-0.2, 0) is 11.3 Å². The van der Waals surface area contributed by atoms with Gasteiger partial charge in [-0.1, -0.05) is 37.3 Å². The van der Waals surface area contributed by atoms with Gasteiger partial charge in [0.25, 0.3) is 17.4 Å². The fraction of sp³-hybridized carbons (Fsp3) is 0.333. The van der Waals surface area contributed by atoms with Crippen molar-refractivity contribution in [2.45, 2.75) is 26.8 Å². The number of ether oxygens (including phenoxy) is 1.